The molecule has 6 aromatic rings. The number of nitrogens with one attached hydrogen (secondary N) is 3. The summed E-state index contributed by atoms with van der Waals surface area (Å²) in [5.41, 5.74) is 7.83. The molecule has 18 heteroatoms. The number of aromatic nitrogens is 6. The molecule has 1 aliphatic heterocycles. The first kappa shape index (κ1) is 54.4. The number of hydrogen-bond acceptors (Lipinski definition) is 12. The van der Waals surface area contributed by atoms with E-state index in [2.05, 4.69) is 78.7 Å². The second-order valence-corrected chi connectivity index (χ2v) is 24.3. The number of benzene rings is 3. The van der Waals surface area contributed by atoms with Crippen LogP contribution in [0.4, 0.5) is 4.79 Å². The van der Waals surface area contributed by atoms with Crippen molar-refractivity contribution in [3.63, 3.8) is 0 Å². The molecule has 4 fully saturated rings. The second-order valence-electron chi connectivity index (χ2n) is 22.2. The maximum absolute atomic E-state index is 12.4. The van der Waals surface area contributed by atoms with Gasteiger partial charge in [0.05, 0.1) is 34.4 Å². The molecule has 16 nitrogen and oxygen atoms in total. The number of sulfonamides is 1. The Morgan fingerprint density at radius 1 is 0.910 bits per heavy atom. The van der Waals surface area contributed by atoms with Crippen LogP contribution in [0.1, 0.15) is 140 Å². The molecule has 5 aliphatic carbocycles. The van der Waals surface area contributed by atoms with Gasteiger partial charge in [0.1, 0.15) is 23.7 Å². The van der Waals surface area contributed by atoms with Crippen molar-refractivity contribution in [1.29, 1.82) is 0 Å². The van der Waals surface area contributed by atoms with E-state index in [-0.39, 0.29) is 33.4 Å². The summed E-state index contributed by atoms with van der Waals surface area (Å²) in [5, 5.41) is 29.7. The Kier molecular flexibility index (Phi) is 15.6. The summed E-state index contributed by atoms with van der Waals surface area (Å²) in [6.07, 6.45) is 25.8. The molecule has 3 amide bonds. The number of allylic oxidation sites excluding steroid dienone is 1. The van der Waals surface area contributed by atoms with E-state index in [1.165, 1.54) is 36.5 Å². The molecule has 4 saturated carbocycles. The van der Waals surface area contributed by atoms with Gasteiger partial charge in [-0.15, -0.1) is 16.6 Å². The number of fused-ring (bicyclic) bond motifs is 9. The zero-order chi connectivity index (χ0) is 54.8. The molecule has 4 N–H and O–H groups in total. The Labute approximate surface area is 461 Å². The van der Waals surface area contributed by atoms with Gasteiger partial charge >= 0.3 is 6.03 Å². The molecule has 3 aromatic carbocycles. The lowest BCUT2D eigenvalue weighted by Crippen LogP contribution is -2.54. The number of hydrogen-bond donors (Lipinski definition) is 4. The third-order valence-electron chi connectivity index (χ3n) is 17.6. The van der Waals surface area contributed by atoms with E-state index < -0.39 is 21.7 Å². The van der Waals surface area contributed by atoms with Crippen LogP contribution in [-0.2, 0) is 29.4 Å². The van der Waals surface area contributed by atoms with Crippen molar-refractivity contribution in [1.82, 2.24) is 45.2 Å². The second kappa shape index (κ2) is 22.4. The average Bonchev–Trinajstić information content (AvgIpc) is 3.78. The lowest BCUT2D eigenvalue weighted by atomic mass is 9.46. The van der Waals surface area contributed by atoms with E-state index in [4.69, 9.17) is 27.5 Å². The number of rotatable bonds is 8. The predicted molar refractivity (Wildman–Crippen MR) is 298 cm³/mol. The standard InChI is InChI=1S/C22H27NO2.C21H27N5O4S.C17H13ClN4/c1-4-22(24)10-8-18-16-6-5-15-11-19-14(13-23-25-19)12-20(15,2)17(16)7-9-21(18,22)3;1-15-13-24-19(14-23-15)20(27)22-12-11-16-7-9-18(10-8-16)31(29,30)26-21(28)25-17-5-3-2-4-6-17;1-11-20-21-16-10-19-17(12-5-3-2-4-6-12)14-9-13(18)7-8-15(14)22(11)16/h1,11,13,16-18,24H,5-10,12H2,2-3H3;7-10,13-14,17H,2-6,11-12H2,1H3,(H,22,27)(H2,25,26,28);2-9H,10H2,1H3/t16-,17+,18+,20+,21+,22+;;/m1../s1. The van der Waals surface area contributed by atoms with Gasteiger partial charge in [-0.05, 0) is 143 Å². The lowest BCUT2D eigenvalue weighted by molar-refractivity contribution is -0.0975. The highest BCUT2D eigenvalue weighted by atomic mass is 35.5. The number of carbonyl (C=O) groups is 2. The number of aryl methyl sites for hydroxylation is 2. The maximum Gasteiger partial charge on any atom is 0.328 e. The van der Waals surface area contributed by atoms with Gasteiger partial charge in [0.25, 0.3) is 15.9 Å². The molecule has 0 radical (unpaired) electrons. The normalized spacial score (nSPS) is 24.8. The molecular weight excluding hydrogens is 1020 g/mol. The van der Waals surface area contributed by atoms with Crippen molar-refractivity contribution < 1.29 is 27.6 Å². The number of aliphatic imine (C=N–C) groups is 1. The number of carbonyl (C=O) groups excluding carboxylic acids is 2. The topological polar surface area (TPSA) is 219 Å². The molecule has 78 heavy (non-hydrogen) atoms. The number of halogens is 1. The summed E-state index contributed by atoms with van der Waals surface area (Å²) in [6, 6.07) is 21.5. The number of amides is 3. The molecule has 4 heterocycles. The van der Waals surface area contributed by atoms with E-state index >= 15 is 0 Å². The van der Waals surface area contributed by atoms with Crippen LogP contribution < -0.4 is 15.4 Å². The fraction of sp³-hybridized carbons (Fsp3) is 0.433. The molecule has 0 saturated heterocycles. The maximum atomic E-state index is 12.4. The van der Waals surface area contributed by atoms with Crippen molar-refractivity contribution in [2.24, 2.45) is 33.6 Å². The quantitative estimate of drug-likeness (QED) is 0.105. The van der Waals surface area contributed by atoms with Gasteiger partial charge in [0.15, 0.2) is 11.6 Å². The number of terminal acetylenes is 1. The minimum Gasteiger partial charge on any atom is -0.377 e. The van der Waals surface area contributed by atoms with E-state index in [0.717, 1.165) is 122 Å². The van der Waals surface area contributed by atoms with Crippen LogP contribution in [-0.4, -0.2) is 79.3 Å². The first-order chi connectivity index (χ1) is 37.5. The Balaban J connectivity index is 0.000000134. The molecule has 0 bridgehead atoms. The fourth-order valence-electron chi connectivity index (χ4n) is 13.3. The predicted octanol–water partition coefficient (Wildman–Crippen LogP) is 9.88. The van der Waals surface area contributed by atoms with Crippen LogP contribution >= 0.6 is 11.6 Å². The minimum atomic E-state index is -3.95. The molecule has 6 aliphatic rings. The van der Waals surface area contributed by atoms with Crippen molar-refractivity contribution in [3.8, 4) is 18.0 Å². The zero-order valence-corrected chi connectivity index (χ0v) is 46.2. The molecular formula is C60H67ClN10O6S. The minimum absolute atomic E-state index is 0.00834. The summed E-state index contributed by atoms with van der Waals surface area (Å²) < 4.78 is 34.4. The van der Waals surface area contributed by atoms with Gasteiger partial charge in [-0.2, -0.15) is 0 Å². The van der Waals surface area contributed by atoms with Gasteiger partial charge in [-0.3, -0.25) is 19.3 Å². The Morgan fingerprint density at radius 2 is 1.68 bits per heavy atom. The largest absolute Gasteiger partial charge is 0.377 e. The van der Waals surface area contributed by atoms with Crippen molar-refractivity contribution in [2.75, 3.05) is 6.54 Å². The summed E-state index contributed by atoms with van der Waals surface area (Å²) >= 11 is 6.23. The summed E-state index contributed by atoms with van der Waals surface area (Å²) in [6.45, 7) is 9.31. The summed E-state index contributed by atoms with van der Waals surface area (Å²) in [5.74, 6) is 7.01. The highest BCUT2D eigenvalue weighted by Gasteiger charge is 2.63. The molecule has 406 valence electrons. The summed E-state index contributed by atoms with van der Waals surface area (Å²) in [7, 11) is -3.95. The van der Waals surface area contributed by atoms with E-state index in [1.54, 1.807) is 24.6 Å². The van der Waals surface area contributed by atoms with Crippen LogP contribution in [0.25, 0.3) is 11.8 Å². The van der Waals surface area contributed by atoms with Crippen LogP contribution in [0.5, 0.6) is 0 Å². The Hall–Kier alpha value is -7.00. The first-order valence-corrected chi connectivity index (χ1v) is 29.0. The van der Waals surface area contributed by atoms with Crippen LogP contribution in [0, 0.1) is 54.8 Å². The van der Waals surface area contributed by atoms with E-state index in [1.807, 2.05) is 54.1 Å². The molecule has 0 unspecified atom stereocenters. The number of aliphatic hydroxyl groups is 1. The third kappa shape index (κ3) is 10.9. The van der Waals surface area contributed by atoms with Crippen LogP contribution in [0.3, 0.4) is 0 Å². The first-order valence-electron chi connectivity index (χ1n) is 27.1. The van der Waals surface area contributed by atoms with Gasteiger partial charge in [-0.1, -0.05) is 104 Å². The lowest BCUT2D eigenvalue weighted by Gasteiger charge is -2.58. The molecule has 0 spiro atoms. The highest BCUT2D eigenvalue weighted by Crippen LogP contribution is 2.67. The summed E-state index contributed by atoms with van der Waals surface area (Å²) in [4.78, 5) is 36.9. The Morgan fingerprint density at radius 3 is 2.42 bits per heavy atom. The van der Waals surface area contributed by atoms with E-state index in [0.29, 0.717) is 42.3 Å². The zero-order valence-electron chi connectivity index (χ0n) is 44.6. The van der Waals surface area contributed by atoms with Crippen molar-refractivity contribution in [2.45, 2.75) is 134 Å². The number of urea groups is 1. The van der Waals surface area contributed by atoms with E-state index in [9.17, 15) is 23.1 Å². The van der Waals surface area contributed by atoms with Gasteiger partial charge in [-0.25, -0.2) is 22.9 Å². The SMILES string of the molecule is C#C[C@]1(O)CC[C@H]2[C@@H]3CCC4=Cc5oncc5C[C@]4(C)[C@H]3CC[C@@]21C.Cc1cnc(C(=O)NCCc2ccc(S(=O)(=O)NC(=O)NC3CCCCC3)cc2)cn1.Cc1nnc2n1-c1ccc(Cl)cc1C(c1ccccc1)=NC2. The van der Waals surface area contributed by atoms with Crippen molar-refractivity contribution in [3.05, 3.63) is 153 Å². The molecule has 3 aromatic heterocycles. The highest BCUT2D eigenvalue weighted by molar-refractivity contribution is 7.90. The molecule has 12 rings (SSSR count). The number of nitrogens with zero attached hydrogens (tertiary/aromatic N) is 7. The van der Waals surface area contributed by atoms with Gasteiger partial charge in [0, 0.05) is 45.9 Å². The van der Waals surface area contributed by atoms with Crippen LogP contribution in [0.2, 0.25) is 5.02 Å². The molecule has 6 atom stereocenters. The fourth-order valence-corrected chi connectivity index (χ4v) is 14.4. The van der Waals surface area contributed by atoms with Gasteiger partial charge < -0.3 is 20.3 Å². The van der Waals surface area contributed by atoms with Crippen LogP contribution in [0.15, 0.2) is 111 Å². The van der Waals surface area contributed by atoms with Gasteiger partial charge in [0.2, 0.25) is 0 Å². The third-order valence-corrected chi connectivity index (χ3v) is 19.1. The average molecular weight is 1090 g/mol. The van der Waals surface area contributed by atoms with Crippen molar-refractivity contribution >= 4 is 45.4 Å². The Bertz CT molecular complexity index is 3400. The smallest absolute Gasteiger partial charge is 0.328 e. The monoisotopic (exact) mass is 1090 g/mol.